The number of sulfonamides is 1. The first-order valence-electron chi connectivity index (χ1n) is 8.05. The molecule has 1 aliphatic rings. The van der Waals surface area contributed by atoms with Crippen molar-refractivity contribution in [1.82, 2.24) is 5.32 Å². The highest BCUT2D eigenvalue weighted by atomic mass is 32.2. The first-order valence-corrected chi connectivity index (χ1v) is 9.49. The minimum atomic E-state index is -3.62. The quantitative estimate of drug-likeness (QED) is 0.857. The Morgan fingerprint density at radius 1 is 1.16 bits per heavy atom. The molecule has 1 atom stereocenters. The Morgan fingerprint density at radius 2 is 1.84 bits per heavy atom. The molecule has 1 amide bonds. The lowest BCUT2D eigenvalue weighted by atomic mass is 10.1. The van der Waals surface area contributed by atoms with Crippen LogP contribution in [0.25, 0.3) is 6.08 Å². The molecule has 1 N–H and O–H groups in total. The predicted octanol–water partition coefficient (Wildman–Crippen LogP) is 2.59. The molecule has 0 fully saturated rings. The van der Waals surface area contributed by atoms with Crippen LogP contribution in [0.1, 0.15) is 18.1 Å². The Balaban J connectivity index is 1.91. The molecule has 1 aliphatic heterocycles. The number of likely N-dealkylation sites (N-methyl/N-ethyl adjacent to an activating group) is 1. The average Bonchev–Trinajstić information content (AvgIpc) is 2.96. The van der Waals surface area contributed by atoms with Gasteiger partial charge in [-0.1, -0.05) is 30.3 Å². The fourth-order valence-electron chi connectivity index (χ4n) is 3.02. The maximum absolute atomic E-state index is 13.1. The van der Waals surface area contributed by atoms with Crippen LogP contribution in [0.2, 0.25) is 0 Å². The number of amides is 1. The predicted molar refractivity (Wildman–Crippen MR) is 98.8 cm³/mol. The molecular weight excluding hydrogens is 336 g/mol. The van der Waals surface area contributed by atoms with Crippen molar-refractivity contribution in [2.24, 2.45) is 0 Å². The Kier molecular flexibility index (Phi) is 4.63. The van der Waals surface area contributed by atoms with Crippen LogP contribution in [0.5, 0.6) is 0 Å². The van der Waals surface area contributed by atoms with Crippen LogP contribution in [0.3, 0.4) is 0 Å². The molecule has 130 valence electrons. The number of fused-ring (bicyclic) bond motifs is 1. The van der Waals surface area contributed by atoms with Crippen molar-refractivity contribution in [2.45, 2.75) is 24.3 Å². The number of hydrogen-bond acceptors (Lipinski definition) is 3. The lowest BCUT2D eigenvalue weighted by molar-refractivity contribution is -0.115. The molecule has 5 nitrogen and oxygen atoms in total. The summed E-state index contributed by atoms with van der Waals surface area (Å²) in [6, 6.07) is 14.0. The van der Waals surface area contributed by atoms with Gasteiger partial charge in [0, 0.05) is 19.2 Å². The van der Waals surface area contributed by atoms with Gasteiger partial charge in [-0.15, -0.1) is 0 Å². The Labute approximate surface area is 148 Å². The molecule has 0 saturated carbocycles. The second kappa shape index (κ2) is 6.72. The van der Waals surface area contributed by atoms with Crippen molar-refractivity contribution in [3.63, 3.8) is 0 Å². The highest BCUT2D eigenvalue weighted by molar-refractivity contribution is 7.92. The van der Waals surface area contributed by atoms with Gasteiger partial charge in [0.05, 0.1) is 10.6 Å². The lowest BCUT2D eigenvalue weighted by Gasteiger charge is -2.24. The van der Waals surface area contributed by atoms with Gasteiger partial charge in [-0.05, 0) is 48.7 Å². The highest BCUT2D eigenvalue weighted by Crippen LogP contribution is 2.36. The van der Waals surface area contributed by atoms with E-state index in [-0.39, 0.29) is 16.8 Å². The molecule has 25 heavy (non-hydrogen) atoms. The third kappa shape index (κ3) is 3.30. The molecule has 0 radical (unpaired) electrons. The van der Waals surface area contributed by atoms with Crippen LogP contribution in [-0.4, -0.2) is 27.4 Å². The number of carbonyl (C=O) groups is 1. The summed E-state index contributed by atoms with van der Waals surface area (Å²) in [4.78, 5) is 11.5. The van der Waals surface area contributed by atoms with E-state index in [1.54, 1.807) is 37.4 Å². The number of nitrogens with zero attached hydrogens (tertiary/aromatic N) is 1. The summed E-state index contributed by atoms with van der Waals surface area (Å²) < 4.78 is 27.6. The van der Waals surface area contributed by atoms with E-state index in [0.717, 1.165) is 16.8 Å². The van der Waals surface area contributed by atoms with E-state index in [1.165, 1.54) is 10.4 Å². The molecule has 0 saturated heterocycles. The van der Waals surface area contributed by atoms with Gasteiger partial charge in [-0.2, -0.15) is 0 Å². The van der Waals surface area contributed by atoms with Gasteiger partial charge < -0.3 is 5.32 Å². The van der Waals surface area contributed by atoms with Crippen LogP contribution >= 0.6 is 0 Å². The molecule has 0 spiro atoms. The maximum Gasteiger partial charge on any atom is 0.264 e. The zero-order valence-corrected chi connectivity index (χ0v) is 15.0. The minimum absolute atomic E-state index is 0.116. The monoisotopic (exact) mass is 356 g/mol. The van der Waals surface area contributed by atoms with Gasteiger partial charge in [-0.25, -0.2) is 8.42 Å². The Bertz CT molecular complexity index is 918. The van der Waals surface area contributed by atoms with Crippen molar-refractivity contribution in [3.8, 4) is 0 Å². The fourth-order valence-corrected chi connectivity index (χ4v) is 4.72. The van der Waals surface area contributed by atoms with E-state index in [4.69, 9.17) is 0 Å². The zero-order chi connectivity index (χ0) is 18.0. The number of anilines is 1. The van der Waals surface area contributed by atoms with E-state index in [2.05, 4.69) is 5.32 Å². The third-order valence-corrected chi connectivity index (χ3v) is 6.20. The number of rotatable bonds is 4. The second-order valence-electron chi connectivity index (χ2n) is 6.00. The second-order valence-corrected chi connectivity index (χ2v) is 7.81. The van der Waals surface area contributed by atoms with Gasteiger partial charge in [0.1, 0.15) is 0 Å². The lowest BCUT2D eigenvalue weighted by Crippen LogP contribution is -2.35. The number of hydrogen-bond donors (Lipinski definition) is 1. The highest BCUT2D eigenvalue weighted by Gasteiger charge is 2.35. The SMILES string of the molecule is CNC(=O)/C=C/c1ccc(S(=O)(=O)N2c3ccccc3CC2C)cc1. The number of benzene rings is 2. The van der Waals surface area contributed by atoms with E-state index >= 15 is 0 Å². The molecule has 0 bridgehead atoms. The summed E-state index contributed by atoms with van der Waals surface area (Å²) in [5.41, 5.74) is 2.56. The number of para-hydroxylation sites is 1. The van der Waals surface area contributed by atoms with Crippen LogP contribution in [-0.2, 0) is 21.2 Å². The van der Waals surface area contributed by atoms with E-state index in [9.17, 15) is 13.2 Å². The van der Waals surface area contributed by atoms with Gasteiger partial charge in [0.2, 0.25) is 5.91 Å². The molecule has 0 aliphatic carbocycles. The van der Waals surface area contributed by atoms with Crippen LogP contribution < -0.4 is 9.62 Å². The van der Waals surface area contributed by atoms with Crippen molar-refractivity contribution < 1.29 is 13.2 Å². The smallest absolute Gasteiger partial charge is 0.264 e. The number of carbonyl (C=O) groups excluding carboxylic acids is 1. The van der Waals surface area contributed by atoms with Crippen LogP contribution in [0.4, 0.5) is 5.69 Å². The fraction of sp³-hybridized carbons (Fsp3) is 0.211. The third-order valence-electron chi connectivity index (χ3n) is 4.26. The topological polar surface area (TPSA) is 66.5 Å². The summed E-state index contributed by atoms with van der Waals surface area (Å²) in [6.45, 7) is 1.91. The van der Waals surface area contributed by atoms with E-state index < -0.39 is 10.0 Å². The first-order chi connectivity index (χ1) is 11.9. The summed E-state index contributed by atoms with van der Waals surface area (Å²) in [7, 11) is -2.07. The molecule has 3 rings (SSSR count). The van der Waals surface area contributed by atoms with Gasteiger partial charge in [-0.3, -0.25) is 9.10 Å². The molecular formula is C19H20N2O3S. The standard InChI is InChI=1S/C19H20N2O3S/c1-14-13-16-5-3-4-6-18(16)21(14)25(23,24)17-10-7-15(8-11-17)9-12-19(22)20-2/h3-12,14H,13H2,1-2H3,(H,20,22)/b12-9+. The number of nitrogens with one attached hydrogen (secondary N) is 1. The van der Waals surface area contributed by atoms with Crippen molar-refractivity contribution in [3.05, 3.63) is 65.7 Å². The minimum Gasteiger partial charge on any atom is -0.356 e. The summed E-state index contributed by atoms with van der Waals surface area (Å²) >= 11 is 0. The molecule has 1 unspecified atom stereocenters. The molecule has 6 heteroatoms. The molecule has 2 aromatic rings. The summed E-state index contributed by atoms with van der Waals surface area (Å²) in [5.74, 6) is -0.209. The maximum atomic E-state index is 13.1. The first kappa shape index (κ1) is 17.2. The van der Waals surface area contributed by atoms with Gasteiger partial charge >= 0.3 is 0 Å². The van der Waals surface area contributed by atoms with Crippen molar-refractivity contribution in [2.75, 3.05) is 11.4 Å². The average molecular weight is 356 g/mol. The summed E-state index contributed by atoms with van der Waals surface area (Å²) in [5, 5.41) is 2.49. The molecule has 2 aromatic carbocycles. The Morgan fingerprint density at radius 3 is 2.52 bits per heavy atom. The zero-order valence-electron chi connectivity index (χ0n) is 14.1. The van der Waals surface area contributed by atoms with Gasteiger partial charge in [0.15, 0.2) is 0 Å². The van der Waals surface area contributed by atoms with Crippen molar-refractivity contribution in [1.29, 1.82) is 0 Å². The largest absolute Gasteiger partial charge is 0.356 e. The normalized spacial score (nSPS) is 16.9. The van der Waals surface area contributed by atoms with Crippen LogP contribution in [0.15, 0.2) is 59.5 Å². The van der Waals surface area contributed by atoms with E-state index in [0.29, 0.717) is 6.42 Å². The molecule has 1 heterocycles. The van der Waals surface area contributed by atoms with Crippen molar-refractivity contribution >= 4 is 27.7 Å². The summed E-state index contributed by atoms with van der Waals surface area (Å²) in [6.07, 6.45) is 3.76. The Hall–Kier alpha value is -2.60. The van der Waals surface area contributed by atoms with Crippen LogP contribution in [0, 0.1) is 0 Å². The van der Waals surface area contributed by atoms with Gasteiger partial charge in [0.25, 0.3) is 10.0 Å². The van der Waals surface area contributed by atoms with E-state index in [1.807, 2.05) is 31.2 Å². The molecule has 0 aromatic heterocycles.